The van der Waals surface area contributed by atoms with Gasteiger partial charge < -0.3 is 9.64 Å². The maximum absolute atomic E-state index is 11.9. The molecule has 0 fully saturated rings. The van der Waals surface area contributed by atoms with Gasteiger partial charge in [-0.25, -0.2) is 4.79 Å². The van der Waals surface area contributed by atoms with Crippen LogP contribution in [0.25, 0.3) is 0 Å². The second-order valence-electron chi connectivity index (χ2n) is 4.20. The first-order valence-electron chi connectivity index (χ1n) is 5.76. The molecule has 1 aromatic rings. The van der Waals surface area contributed by atoms with Gasteiger partial charge in [-0.2, -0.15) is 0 Å². The van der Waals surface area contributed by atoms with Crippen molar-refractivity contribution in [1.82, 2.24) is 4.90 Å². The normalized spacial score (nSPS) is 15.2. The molecule has 0 atom stereocenters. The maximum atomic E-state index is 11.9. The first-order chi connectivity index (χ1) is 8.63. The number of methoxy groups -OCH3 is 1. The Morgan fingerprint density at radius 2 is 2.00 bits per heavy atom. The molecular weight excluding hydrogens is 230 g/mol. The molecule has 0 aromatic heterocycles. The lowest BCUT2D eigenvalue weighted by Crippen LogP contribution is -2.23. The predicted molar refractivity (Wildman–Crippen MR) is 66.3 cm³/mol. The van der Waals surface area contributed by atoms with E-state index in [9.17, 15) is 9.59 Å². The van der Waals surface area contributed by atoms with Gasteiger partial charge in [-0.05, 0) is 12.5 Å². The van der Waals surface area contributed by atoms with Crippen LogP contribution in [0.1, 0.15) is 18.9 Å². The Balaban J connectivity index is 2.21. The Morgan fingerprint density at radius 3 is 2.61 bits per heavy atom. The molecule has 0 bridgehead atoms. The van der Waals surface area contributed by atoms with E-state index < -0.39 is 5.97 Å². The molecule has 1 aliphatic rings. The van der Waals surface area contributed by atoms with Crippen LogP contribution in [-0.2, 0) is 20.9 Å². The third-order valence-corrected chi connectivity index (χ3v) is 3.09. The predicted octanol–water partition coefficient (Wildman–Crippen LogP) is 1.87. The summed E-state index contributed by atoms with van der Waals surface area (Å²) in [6.07, 6.45) is 0.130. The van der Waals surface area contributed by atoms with Crippen molar-refractivity contribution in [3.8, 4) is 0 Å². The molecule has 0 spiro atoms. The molecule has 94 valence electrons. The summed E-state index contributed by atoms with van der Waals surface area (Å²) in [7, 11) is 1.33. The second-order valence-corrected chi connectivity index (χ2v) is 4.20. The fraction of sp³-hybridized carbons (Fsp3) is 0.286. The number of benzene rings is 1. The molecule has 0 radical (unpaired) electrons. The topological polar surface area (TPSA) is 46.6 Å². The van der Waals surface area contributed by atoms with Crippen molar-refractivity contribution in [3.63, 3.8) is 0 Å². The highest BCUT2D eigenvalue weighted by Crippen LogP contribution is 2.26. The van der Waals surface area contributed by atoms with Gasteiger partial charge in [0.1, 0.15) is 0 Å². The molecule has 1 amide bonds. The Morgan fingerprint density at radius 1 is 1.33 bits per heavy atom. The van der Waals surface area contributed by atoms with Gasteiger partial charge in [-0.15, -0.1) is 0 Å². The van der Waals surface area contributed by atoms with E-state index in [0.717, 1.165) is 5.56 Å². The average Bonchev–Trinajstić information content (AvgIpc) is 2.67. The summed E-state index contributed by atoms with van der Waals surface area (Å²) in [6.45, 7) is 2.27. The van der Waals surface area contributed by atoms with Crippen molar-refractivity contribution in [2.45, 2.75) is 19.9 Å². The molecule has 0 saturated heterocycles. The van der Waals surface area contributed by atoms with Gasteiger partial charge in [0.15, 0.2) is 0 Å². The standard InChI is InChI=1S/C14H15NO3/c1-10-12(14(17)18-2)8-13(16)15(10)9-11-6-4-3-5-7-11/h3-7H,8-9H2,1-2H3. The molecule has 4 nitrogen and oxygen atoms in total. The molecule has 1 aromatic carbocycles. The summed E-state index contributed by atoms with van der Waals surface area (Å²) in [6, 6.07) is 9.69. The van der Waals surface area contributed by atoms with Crippen LogP contribution < -0.4 is 0 Å². The number of hydrogen-bond acceptors (Lipinski definition) is 3. The summed E-state index contributed by atoms with van der Waals surface area (Å²) in [5, 5.41) is 0. The van der Waals surface area contributed by atoms with Gasteiger partial charge in [0.25, 0.3) is 0 Å². The Labute approximate surface area is 106 Å². The molecule has 1 heterocycles. The van der Waals surface area contributed by atoms with Gasteiger partial charge >= 0.3 is 5.97 Å². The Hall–Kier alpha value is -2.10. The molecule has 4 heteroatoms. The van der Waals surface area contributed by atoms with Crippen LogP contribution in [0.3, 0.4) is 0 Å². The third-order valence-electron chi connectivity index (χ3n) is 3.09. The molecule has 2 rings (SSSR count). The van der Waals surface area contributed by atoms with Crippen LogP contribution in [0.4, 0.5) is 0 Å². The lowest BCUT2D eigenvalue weighted by Gasteiger charge is -2.18. The summed E-state index contributed by atoms with van der Waals surface area (Å²) >= 11 is 0. The lowest BCUT2D eigenvalue weighted by molar-refractivity contribution is -0.137. The highest BCUT2D eigenvalue weighted by molar-refractivity contribution is 5.99. The minimum Gasteiger partial charge on any atom is -0.466 e. The molecule has 0 aliphatic carbocycles. The fourth-order valence-corrected chi connectivity index (χ4v) is 2.04. The first kappa shape index (κ1) is 12.4. The van der Waals surface area contributed by atoms with Crippen molar-refractivity contribution in [1.29, 1.82) is 0 Å². The highest BCUT2D eigenvalue weighted by Gasteiger charge is 2.31. The number of nitrogens with zero attached hydrogens (tertiary/aromatic N) is 1. The van der Waals surface area contributed by atoms with E-state index in [1.165, 1.54) is 7.11 Å². The monoisotopic (exact) mass is 245 g/mol. The van der Waals surface area contributed by atoms with Crippen molar-refractivity contribution in [3.05, 3.63) is 47.2 Å². The molecule has 0 saturated carbocycles. The number of carbonyl (C=O) groups is 2. The van der Waals surface area contributed by atoms with Crippen LogP contribution in [0.5, 0.6) is 0 Å². The van der Waals surface area contributed by atoms with Gasteiger partial charge in [0.2, 0.25) is 5.91 Å². The van der Waals surface area contributed by atoms with Crippen LogP contribution >= 0.6 is 0 Å². The Kier molecular flexibility index (Phi) is 3.46. The maximum Gasteiger partial charge on any atom is 0.336 e. The lowest BCUT2D eigenvalue weighted by atomic mass is 10.2. The summed E-state index contributed by atoms with van der Waals surface area (Å²) in [5.74, 6) is -0.479. The minimum absolute atomic E-state index is 0.0586. The van der Waals surface area contributed by atoms with Gasteiger partial charge in [-0.3, -0.25) is 4.79 Å². The zero-order chi connectivity index (χ0) is 13.1. The van der Waals surface area contributed by atoms with E-state index in [1.807, 2.05) is 30.3 Å². The van der Waals surface area contributed by atoms with Crippen molar-refractivity contribution in [2.24, 2.45) is 0 Å². The van der Waals surface area contributed by atoms with Crippen molar-refractivity contribution < 1.29 is 14.3 Å². The number of ether oxygens (including phenoxy) is 1. The van der Waals surface area contributed by atoms with Crippen molar-refractivity contribution >= 4 is 11.9 Å². The van der Waals surface area contributed by atoms with Gasteiger partial charge in [0.05, 0.1) is 25.6 Å². The van der Waals surface area contributed by atoms with E-state index in [1.54, 1.807) is 11.8 Å². The fourth-order valence-electron chi connectivity index (χ4n) is 2.04. The van der Waals surface area contributed by atoms with E-state index in [0.29, 0.717) is 17.8 Å². The van der Waals surface area contributed by atoms with E-state index in [2.05, 4.69) is 4.74 Å². The second kappa shape index (κ2) is 5.04. The summed E-state index contributed by atoms with van der Waals surface area (Å²) < 4.78 is 4.68. The molecule has 0 unspecified atom stereocenters. The number of amides is 1. The van der Waals surface area contributed by atoms with Gasteiger partial charge in [0, 0.05) is 5.70 Å². The third kappa shape index (κ3) is 2.27. The smallest absolute Gasteiger partial charge is 0.336 e. The highest BCUT2D eigenvalue weighted by atomic mass is 16.5. The van der Waals surface area contributed by atoms with E-state index in [4.69, 9.17) is 0 Å². The van der Waals surface area contributed by atoms with Gasteiger partial charge in [-0.1, -0.05) is 30.3 Å². The zero-order valence-electron chi connectivity index (χ0n) is 10.5. The SMILES string of the molecule is COC(=O)C1=C(C)N(Cc2ccccc2)C(=O)C1. The summed E-state index contributed by atoms with van der Waals surface area (Å²) in [5.41, 5.74) is 2.19. The summed E-state index contributed by atoms with van der Waals surface area (Å²) in [4.78, 5) is 25.0. The quantitative estimate of drug-likeness (QED) is 0.764. The van der Waals surface area contributed by atoms with Crippen LogP contribution in [0, 0.1) is 0 Å². The van der Waals surface area contributed by atoms with Crippen molar-refractivity contribution in [2.75, 3.05) is 7.11 Å². The molecule has 1 aliphatic heterocycles. The minimum atomic E-state index is -0.420. The molecular formula is C14H15NO3. The first-order valence-corrected chi connectivity index (χ1v) is 5.76. The number of rotatable bonds is 3. The number of esters is 1. The van der Waals surface area contributed by atoms with Crippen LogP contribution in [0.15, 0.2) is 41.6 Å². The largest absolute Gasteiger partial charge is 0.466 e. The Bertz CT molecular complexity index is 505. The van der Waals surface area contributed by atoms with Crippen LogP contribution in [-0.4, -0.2) is 23.9 Å². The van der Waals surface area contributed by atoms with E-state index >= 15 is 0 Å². The zero-order valence-corrected chi connectivity index (χ0v) is 10.5. The number of carbonyl (C=O) groups excluding carboxylic acids is 2. The van der Waals surface area contributed by atoms with Crippen LogP contribution in [0.2, 0.25) is 0 Å². The molecule has 0 N–H and O–H groups in total. The average molecular weight is 245 g/mol. The van der Waals surface area contributed by atoms with E-state index in [-0.39, 0.29) is 12.3 Å². The number of allylic oxidation sites excluding steroid dienone is 1. The molecule has 18 heavy (non-hydrogen) atoms. The number of hydrogen-bond donors (Lipinski definition) is 0.